The van der Waals surface area contributed by atoms with Gasteiger partial charge in [-0.15, -0.1) is 0 Å². The van der Waals surface area contributed by atoms with Crippen LogP contribution in [0.25, 0.3) is 0 Å². The number of rotatable bonds is 6. The zero-order valence-electron chi connectivity index (χ0n) is 9.46. The van der Waals surface area contributed by atoms with Crippen molar-refractivity contribution in [3.05, 3.63) is 0 Å². The van der Waals surface area contributed by atoms with Crippen LogP contribution in [0.5, 0.6) is 0 Å². The van der Waals surface area contributed by atoms with E-state index in [-0.39, 0.29) is 0 Å². The molecule has 3 atom stereocenters. The highest BCUT2D eigenvalue weighted by Crippen LogP contribution is 2.18. The first-order valence-electron chi connectivity index (χ1n) is 5.81. The van der Waals surface area contributed by atoms with Gasteiger partial charge in [0.05, 0.1) is 0 Å². The first kappa shape index (κ1) is 12.3. The summed E-state index contributed by atoms with van der Waals surface area (Å²) < 4.78 is 0. The molecule has 3 N–H and O–H groups in total. The quantitative estimate of drug-likeness (QED) is 0.667. The van der Waals surface area contributed by atoms with Gasteiger partial charge in [-0.1, -0.05) is 6.92 Å². The molecule has 1 aliphatic rings. The van der Waals surface area contributed by atoms with Gasteiger partial charge in [0.2, 0.25) is 0 Å². The molecule has 2 nitrogen and oxygen atoms in total. The molecule has 14 heavy (non-hydrogen) atoms. The van der Waals surface area contributed by atoms with Crippen LogP contribution in [0.4, 0.5) is 0 Å². The molecule has 0 aromatic rings. The van der Waals surface area contributed by atoms with Crippen molar-refractivity contribution >= 4 is 11.8 Å². The second-order valence-electron chi connectivity index (χ2n) is 4.32. The zero-order valence-corrected chi connectivity index (χ0v) is 10.3. The zero-order chi connectivity index (χ0) is 10.4. The maximum Gasteiger partial charge on any atom is 0.00848 e. The van der Waals surface area contributed by atoms with Crippen LogP contribution in [-0.2, 0) is 0 Å². The highest BCUT2D eigenvalue weighted by molar-refractivity contribution is 7.99. The predicted molar refractivity (Wildman–Crippen MR) is 65.8 cm³/mol. The van der Waals surface area contributed by atoms with E-state index in [4.69, 9.17) is 5.73 Å². The lowest BCUT2D eigenvalue weighted by Crippen LogP contribution is -2.36. The number of nitrogens with one attached hydrogen (secondary N) is 1. The van der Waals surface area contributed by atoms with E-state index in [0.717, 1.165) is 0 Å². The van der Waals surface area contributed by atoms with E-state index in [1.807, 2.05) is 11.8 Å². The molecule has 1 fully saturated rings. The minimum Gasteiger partial charge on any atom is -0.328 e. The lowest BCUT2D eigenvalue weighted by atomic mass is 10.2. The molecule has 1 saturated carbocycles. The Kier molecular flexibility index (Phi) is 5.90. The van der Waals surface area contributed by atoms with Crippen LogP contribution in [-0.4, -0.2) is 29.6 Å². The van der Waals surface area contributed by atoms with Gasteiger partial charge < -0.3 is 11.1 Å². The van der Waals surface area contributed by atoms with Gasteiger partial charge >= 0.3 is 0 Å². The summed E-state index contributed by atoms with van der Waals surface area (Å²) in [4.78, 5) is 0. The van der Waals surface area contributed by atoms with E-state index in [9.17, 15) is 0 Å². The van der Waals surface area contributed by atoms with Crippen LogP contribution in [0, 0.1) is 0 Å². The van der Waals surface area contributed by atoms with Gasteiger partial charge in [0.25, 0.3) is 0 Å². The Labute approximate surface area is 92.4 Å². The van der Waals surface area contributed by atoms with Gasteiger partial charge in [-0.2, -0.15) is 11.8 Å². The second-order valence-corrected chi connectivity index (χ2v) is 5.72. The average Bonchev–Trinajstić information content (AvgIpc) is 2.52. The first-order chi connectivity index (χ1) is 6.72. The van der Waals surface area contributed by atoms with Crippen LogP contribution in [0.1, 0.15) is 39.5 Å². The Bertz CT molecular complexity index is 152. The molecule has 84 valence electrons. The minimum absolute atomic E-state index is 0.449. The molecule has 3 unspecified atom stereocenters. The molecule has 0 aromatic heterocycles. The molecular formula is C11H24N2S. The van der Waals surface area contributed by atoms with E-state index in [0.29, 0.717) is 18.1 Å². The van der Waals surface area contributed by atoms with Crippen molar-refractivity contribution in [3.8, 4) is 0 Å². The Balaban J connectivity index is 2.05. The summed E-state index contributed by atoms with van der Waals surface area (Å²) in [5, 5.41) is 3.67. The average molecular weight is 216 g/mol. The Morgan fingerprint density at radius 1 is 1.50 bits per heavy atom. The van der Waals surface area contributed by atoms with Crippen molar-refractivity contribution in [1.82, 2.24) is 5.32 Å². The van der Waals surface area contributed by atoms with Crippen LogP contribution < -0.4 is 11.1 Å². The Morgan fingerprint density at radius 3 is 2.86 bits per heavy atom. The molecule has 0 bridgehead atoms. The van der Waals surface area contributed by atoms with Crippen molar-refractivity contribution in [1.29, 1.82) is 0 Å². The monoisotopic (exact) mass is 216 g/mol. The van der Waals surface area contributed by atoms with Gasteiger partial charge in [-0.05, 0) is 44.1 Å². The number of hydrogen-bond donors (Lipinski definition) is 2. The van der Waals surface area contributed by atoms with Gasteiger partial charge in [-0.25, -0.2) is 0 Å². The van der Waals surface area contributed by atoms with Crippen molar-refractivity contribution in [3.63, 3.8) is 0 Å². The van der Waals surface area contributed by atoms with Crippen LogP contribution in [0.2, 0.25) is 0 Å². The Hall–Kier alpha value is 0.270. The predicted octanol–water partition coefficient (Wildman–Crippen LogP) is 1.99. The number of hydrogen-bond acceptors (Lipinski definition) is 3. The molecule has 1 aliphatic carbocycles. The summed E-state index contributed by atoms with van der Waals surface area (Å²) in [5.74, 6) is 2.52. The number of nitrogens with two attached hydrogens (primary N) is 1. The molecule has 0 spiro atoms. The normalized spacial score (nSPS) is 29.4. The first-order valence-corrected chi connectivity index (χ1v) is 6.97. The highest BCUT2D eigenvalue weighted by atomic mass is 32.2. The second kappa shape index (κ2) is 6.70. The van der Waals surface area contributed by atoms with E-state index in [1.54, 1.807) is 0 Å². The lowest BCUT2D eigenvalue weighted by molar-refractivity contribution is 0.440. The SMILES string of the molecule is CCSCCC(C)NC1CCC(N)C1. The van der Waals surface area contributed by atoms with E-state index >= 15 is 0 Å². The highest BCUT2D eigenvalue weighted by Gasteiger charge is 2.22. The van der Waals surface area contributed by atoms with Crippen molar-refractivity contribution in [2.24, 2.45) is 5.73 Å². The Morgan fingerprint density at radius 2 is 2.29 bits per heavy atom. The summed E-state index contributed by atoms with van der Waals surface area (Å²) >= 11 is 2.03. The molecule has 0 aliphatic heterocycles. The van der Waals surface area contributed by atoms with Crippen molar-refractivity contribution in [2.45, 2.75) is 57.7 Å². The maximum absolute atomic E-state index is 5.88. The standard InChI is InChI=1S/C11H24N2S/c1-3-14-7-6-9(2)13-11-5-4-10(12)8-11/h9-11,13H,3-8,12H2,1-2H3. The third kappa shape index (κ3) is 4.67. The minimum atomic E-state index is 0.449. The molecule has 3 heteroatoms. The van der Waals surface area contributed by atoms with Gasteiger partial charge in [0.15, 0.2) is 0 Å². The smallest absolute Gasteiger partial charge is 0.00848 e. The van der Waals surface area contributed by atoms with Crippen LogP contribution in [0.15, 0.2) is 0 Å². The molecular weight excluding hydrogens is 192 g/mol. The maximum atomic E-state index is 5.88. The fraction of sp³-hybridized carbons (Fsp3) is 1.00. The third-order valence-corrected chi connectivity index (χ3v) is 3.83. The van der Waals surface area contributed by atoms with Gasteiger partial charge in [0, 0.05) is 18.1 Å². The van der Waals surface area contributed by atoms with Crippen molar-refractivity contribution < 1.29 is 0 Å². The van der Waals surface area contributed by atoms with Crippen molar-refractivity contribution in [2.75, 3.05) is 11.5 Å². The summed E-state index contributed by atoms with van der Waals surface area (Å²) in [6.07, 6.45) is 4.93. The van der Waals surface area contributed by atoms with Crippen LogP contribution >= 0.6 is 11.8 Å². The molecule has 0 aromatic carbocycles. The topological polar surface area (TPSA) is 38.0 Å². The van der Waals surface area contributed by atoms with Crippen LogP contribution in [0.3, 0.4) is 0 Å². The summed E-state index contributed by atoms with van der Waals surface area (Å²) in [7, 11) is 0. The summed E-state index contributed by atoms with van der Waals surface area (Å²) in [6.45, 7) is 4.51. The van der Waals surface area contributed by atoms with Gasteiger partial charge in [-0.3, -0.25) is 0 Å². The van der Waals surface area contributed by atoms with E-state index < -0.39 is 0 Å². The molecule has 0 amide bonds. The molecule has 0 saturated heterocycles. The van der Waals surface area contributed by atoms with E-state index in [2.05, 4.69) is 19.2 Å². The summed E-state index contributed by atoms with van der Waals surface area (Å²) in [6, 6.07) is 1.79. The van der Waals surface area contributed by atoms with Gasteiger partial charge in [0.1, 0.15) is 0 Å². The third-order valence-electron chi connectivity index (χ3n) is 2.89. The summed E-state index contributed by atoms with van der Waals surface area (Å²) in [5.41, 5.74) is 5.88. The fourth-order valence-corrected chi connectivity index (χ4v) is 2.87. The molecule has 0 radical (unpaired) electrons. The number of thioether (sulfide) groups is 1. The van der Waals surface area contributed by atoms with E-state index in [1.165, 1.54) is 37.2 Å². The molecule has 1 rings (SSSR count). The molecule has 0 heterocycles. The lowest BCUT2D eigenvalue weighted by Gasteiger charge is -2.19. The largest absolute Gasteiger partial charge is 0.328 e. The fourth-order valence-electron chi connectivity index (χ4n) is 2.06.